The first-order valence-corrected chi connectivity index (χ1v) is 9.24. The molecule has 0 unspecified atom stereocenters. The monoisotopic (exact) mass is 392 g/mol. The van der Waals surface area contributed by atoms with Crippen molar-refractivity contribution in [3.05, 3.63) is 65.5 Å². The molecule has 0 aliphatic carbocycles. The van der Waals surface area contributed by atoms with Gasteiger partial charge in [0.15, 0.2) is 0 Å². The van der Waals surface area contributed by atoms with Crippen LogP contribution in [0.25, 0.3) is 0 Å². The number of carbonyl (C=O) groups is 1. The third-order valence-corrected chi connectivity index (χ3v) is 4.60. The molecule has 148 valence electrons. The van der Waals surface area contributed by atoms with Crippen LogP contribution in [-0.4, -0.2) is 61.7 Å². The topological polar surface area (TPSA) is 109 Å². The van der Waals surface area contributed by atoms with E-state index in [4.69, 9.17) is 0 Å². The van der Waals surface area contributed by atoms with Gasteiger partial charge in [0, 0.05) is 50.7 Å². The third-order valence-electron chi connectivity index (χ3n) is 4.60. The molecule has 3 aromatic heterocycles. The van der Waals surface area contributed by atoms with E-state index < -0.39 is 0 Å². The number of piperazine rings is 1. The lowest BCUT2D eigenvalue weighted by Gasteiger charge is -2.35. The number of hydrogen-bond donors (Lipinski definition) is 1. The van der Waals surface area contributed by atoms with Crippen LogP contribution >= 0.6 is 0 Å². The van der Waals surface area contributed by atoms with E-state index in [1.54, 1.807) is 17.2 Å². The van der Waals surface area contributed by atoms with Crippen molar-refractivity contribution in [1.82, 2.24) is 29.6 Å². The van der Waals surface area contributed by atoms with E-state index in [0.717, 1.165) is 5.82 Å². The summed E-state index contributed by atoms with van der Waals surface area (Å²) in [5, 5.41) is 7.09. The van der Waals surface area contributed by atoms with Crippen molar-refractivity contribution in [2.24, 2.45) is 0 Å². The van der Waals surface area contributed by atoms with Gasteiger partial charge in [-0.15, -0.1) is 0 Å². The highest BCUT2D eigenvalue weighted by molar-refractivity contribution is 5.76. The van der Waals surface area contributed by atoms with Crippen LogP contribution in [0.2, 0.25) is 0 Å². The molecule has 1 aliphatic heterocycles. The first-order valence-electron chi connectivity index (χ1n) is 9.24. The average molecular weight is 392 g/mol. The second-order valence-corrected chi connectivity index (χ2v) is 6.49. The van der Waals surface area contributed by atoms with Gasteiger partial charge in [-0.25, -0.2) is 19.6 Å². The van der Waals surface area contributed by atoms with Crippen LogP contribution in [0.4, 0.5) is 17.5 Å². The molecule has 1 aliphatic rings. The van der Waals surface area contributed by atoms with Gasteiger partial charge >= 0.3 is 0 Å². The molecule has 1 saturated heterocycles. The van der Waals surface area contributed by atoms with Gasteiger partial charge in [0.2, 0.25) is 5.91 Å². The maximum absolute atomic E-state index is 12.5. The lowest BCUT2D eigenvalue weighted by Crippen LogP contribution is -2.50. The highest BCUT2D eigenvalue weighted by Gasteiger charge is 2.22. The second kappa shape index (κ2) is 8.46. The lowest BCUT2D eigenvalue weighted by molar-refractivity contribution is -0.132. The summed E-state index contributed by atoms with van der Waals surface area (Å²) in [6, 6.07) is 10.4. The molecule has 4 rings (SSSR count). The van der Waals surface area contributed by atoms with Crippen molar-refractivity contribution < 1.29 is 4.79 Å². The van der Waals surface area contributed by atoms with Gasteiger partial charge in [-0.2, -0.15) is 5.10 Å². The molecule has 4 heterocycles. The molecule has 10 nitrogen and oxygen atoms in total. The quantitative estimate of drug-likeness (QED) is 0.669. The van der Waals surface area contributed by atoms with Crippen molar-refractivity contribution in [3.63, 3.8) is 0 Å². The summed E-state index contributed by atoms with van der Waals surface area (Å²) in [5.74, 6) is 2.02. The minimum Gasteiger partial charge on any atom is -0.353 e. The van der Waals surface area contributed by atoms with E-state index in [2.05, 4.69) is 30.3 Å². The largest absolute Gasteiger partial charge is 0.353 e. The number of hydrogen-bond acceptors (Lipinski definition) is 8. The fraction of sp³-hybridized carbons (Fsp3) is 0.263. The Hall–Kier alpha value is -3.82. The second-order valence-electron chi connectivity index (χ2n) is 6.49. The number of amides is 1. The predicted molar refractivity (Wildman–Crippen MR) is 107 cm³/mol. The fourth-order valence-electron chi connectivity index (χ4n) is 3.08. The highest BCUT2D eigenvalue weighted by Crippen LogP contribution is 2.18. The first kappa shape index (κ1) is 18.5. The standard InChI is InChI=1S/C19H20N8O2/c28-18-5-3-7-23-27(18)13-19(29)26-10-8-25(9-11-26)17-12-16(21-14-22-17)24-15-4-1-2-6-20-15/h1-7,12,14H,8-11,13H2,(H,20,21,22,24). The summed E-state index contributed by atoms with van der Waals surface area (Å²) in [6.07, 6.45) is 4.71. The molecule has 29 heavy (non-hydrogen) atoms. The molecule has 0 saturated carbocycles. The normalized spacial score (nSPS) is 13.9. The van der Waals surface area contributed by atoms with Crippen LogP contribution < -0.4 is 15.8 Å². The average Bonchev–Trinajstić information content (AvgIpc) is 2.76. The zero-order valence-electron chi connectivity index (χ0n) is 15.7. The number of aromatic nitrogens is 5. The van der Waals surface area contributed by atoms with Gasteiger partial charge < -0.3 is 15.1 Å². The molecule has 0 bridgehead atoms. The Morgan fingerprint density at radius 3 is 2.59 bits per heavy atom. The van der Waals surface area contributed by atoms with E-state index >= 15 is 0 Å². The van der Waals surface area contributed by atoms with Crippen LogP contribution in [-0.2, 0) is 11.3 Å². The first-order chi connectivity index (χ1) is 14.2. The number of pyridine rings is 1. The Balaban J connectivity index is 1.36. The lowest BCUT2D eigenvalue weighted by atomic mass is 10.3. The van der Waals surface area contributed by atoms with E-state index in [-0.39, 0.29) is 18.0 Å². The molecule has 10 heteroatoms. The Bertz CT molecular complexity index is 1030. The third kappa shape index (κ3) is 4.54. The predicted octanol–water partition coefficient (Wildman–Crippen LogP) is 0.521. The van der Waals surface area contributed by atoms with Crippen LogP contribution in [0.1, 0.15) is 0 Å². The number of nitrogens with one attached hydrogen (secondary N) is 1. The van der Waals surface area contributed by atoms with E-state index in [1.807, 2.05) is 24.3 Å². The molecular weight excluding hydrogens is 372 g/mol. The molecule has 1 amide bonds. The zero-order chi connectivity index (χ0) is 20.1. The molecule has 1 fully saturated rings. The molecule has 1 N–H and O–H groups in total. The SMILES string of the molecule is O=C(Cn1ncccc1=O)N1CCN(c2cc(Nc3ccccn3)ncn2)CC1. The van der Waals surface area contributed by atoms with Gasteiger partial charge in [-0.1, -0.05) is 6.07 Å². The number of anilines is 3. The Kier molecular flexibility index (Phi) is 5.41. The zero-order valence-corrected chi connectivity index (χ0v) is 15.7. The summed E-state index contributed by atoms with van der Waals surface area (Å²) in [4.78, 5) is 40.9. The molecule has 0 radical (unpaired) electrons. The van der Waals surface area contributed by atoms with Crippen molar-refractivity contribution >= 4 is 23.4 Å². The summed E-state index contributed by atoms with van der Waals surface area (Å²) in [6.45, 7) is 2.33. The van der Waals surface area contributed by atoms with Gasteiger partial charge in [-0.3, -0.25) is 9.59 Å². The fourth-order valence-corrected chi connectivity index (χ4v) is 3.08. The van der Waals surface area contributed by atoms with Crippen LogP contribution in [0.3, 0.4) is 0 Å². The van der Waals surface area contributed by atoms with Crippen molar-refractivity contribution in [3.8, 4) is 0 Å². The number of nitrogens with zero attached hydrogens (tertiary/aromatic N) is 7. The molecule has 0 aromatic carbocycles. The van der Waals surface area contributed by atoms with E-state index in [9.17, 15) is 9.59 Å². The maximum atomic E-state index is 12.5. The van der Waals surface area contributed by atoms with Crippen LogP contribution in [0.5, 0.6) is 0 Å². The van der Waals surface area contributed by atoms with Crippen molar-refractivity contribution in [1.29, 1.82) is 0 Å². The summed E-state index contributed by atoms with van der Waals surface area (Å²) in [5.41, 5.74) is -0.284. The van der Waals surface area contributed by atoms with Gasteiger partial charge in [0.25, 0.3) is 5.56 Å². The molecule has 0 atom stereocenters. The van der Waals surface area contributed by atoms with Gasteiger partial charge in [0.05, 0.1) is 0 Å². The molecule has 0 spiro atoms. The summed E-state index contributed by atoms with van der Waals surface area (Å²) >= 11 is 0. The Morgan fingerprint density at radius 1 is 0.966 bits per heavy atom. The maximum Gasteiger partial charge on any atom is 0.267 e. The highest BCUT2D eigenvalue weighted by atomic mass is 16.2. The minimum absolute atomic E-state index is 0.0503. The number of rotatable bonds is 5. The van der Waals surface area contributed by atoms with Crippen molar-refractivity contribution in [2.45, 2.75) is 6.54 Å². The molecular formula is C19H20N8O2. The van der Waals surface area contributed by atoms with Gasteiger partial charge in [0.1, 0.15) is 30.3 Å². The Labute approximate surface area is 166 Å². The molecule has 3 aromatic rings. The van der Waals surface area contributed by atoms with E-state index in [0.29, 0.717) is 37.8 Å². The van der Waals surface area contributed by atoms with Gasteiger partial charge in [-0.05, 0) is 18.2 Å². The number of carbonyl (C=O) groups excluding carboxylic acids is 1. The van der Waals surface area contributed by atoms with Crippen LogP contribution in [0.15, 0.2) is 59.9 Å². The minimum atomic E-state index is -0.284. The summed E-state index contributed by atoms with van der Waals surface area (Å²) < 4.78 is 1.18. The smallest absolute Gasteiger partial charge is 0.267 e. The van der Waals surface area contributed by atoms with Crippen LogP contribution in [0, 0.1) is 0 Å². The van der Waals surface area contributed by atoms with E-state index in [1.165, 1.54) is 23.3 Å². The van der Waals surface area contributed by atoms with Crippen molar-refractivity contribution in [2.75, 3.05) is 36.4 Å². The summed E-state index contributed by atoms with van der Waals surface area (Å²) in [7, 11) is 0. The Morgan fingerprint density at radius 2 is 1.83 bits per heavy atom.